The molecule has 0 radical (unpaired) electrons. The highest BCUT2D eigenvalue weighted by atomic mass is 35.5. The van der Waals surface area contributed by atoms with Crippen LogP contribution >= 0.6 is 23.2 Å². The van der Waals surface area contributed by atoms with E-state index >= 15 is 0 Å². The number of fused-ring (bicyclic) bond motifs is 1. The number of aromatic nitrogens is 2. The first kappa shape index (κ1) is 14.6. The molecule has 0 saturated heterocycles. The monoisotopic (exact) mass is 300 g/mol. The highest BCUT2D eigenvalue weighted by molar-refractivity contribution is 6.42. The number of rotatable bonds is 3. The van der Waals surface area contributed by atoms with Crippen molar-refractivity contribution in [3.63, 3.8) is 0 Å². The molecule has 0 fully saturated rings. The van der Waals surface area contributed by atoms with Crippen LogP contribution in [0.5, 0.6) is 0 Å². The van der Waals surface area contributed by atoms with Crippen molar-refractivity contribution in [3.8, 4) is 0 Å². The van der Waals surface area contributed by atoms with Gasteiger partial charge in [0.25, 0.3) is 0 Å². The summed E-state index contributed by atoms with van der Waals surface area (Å²) in [4.78, 5) is 4.68. The fourth-order valence-corrected chi connectivity index (χ4v) is 2.46. The highest BCUT2D eigenvalue weighted by Crippen LogP contribution is 2.32. The van der Waals surface area contributed by atoms with Crippen LogP contribution in [0, 0.1) is 0 Å². The number of aryl methyl sites for hydroxylation is 1. The Morgan fingerprint density at radius 3 is 2.42 bits per heavy atom. The summed E-state index contributed by atoms with van der Waals surface area (Å²) < 4.78 is 2.12. The van der Waals surface area contributed by atoms with Crippen LogP contribution in [0.4, 0.5) is 0 Å². The van der Waals surface area contributed by atoms with E-state index in [4.69, 9.17) is 28.3 Å². The molecule has 2 rings (SSSR count). The molecule has 0 aliphatic carbocycles. The zero-order valence-electron chi connectivity index (χ0n) is 11.4. The van der Waals surface area contributed by atoms with Gasteiger partial charge in [-0.1, -0.05) is 44.0 Å². The van der Waals surface area contributed by atoms with Crippen molar-refractivity contribution in [3.05, 3.63) is 28.0 Å². The average molecular weight is 301 g/mol. The molecule has 1 heterocycles. The van der Waals surface area contributed by atoms with E-state index in [0.29, 0.717) is 16.5 Å². The Labute approximate surface area is 123 Å². The number of aliphatic hydroxyl groups excluding tert-OH is 1. The van der Waals surface area contributed by atoms with Crippen molar-refractivity contribution >= 4 is 34.2 Å². The van der Waals surface area contributed by atoms with E-state index in [1.165, 1.54) is 0 Å². The Hall–Kier alpha value is -0.770. The van der Waals surface area contributed by atoms with Crippen molar-refractivity contribution in [2.24, 2.45) is 0 Å². The number of benzene rings is 1. The van der Waals surface area contributed by atoms with Gasteiger partial charge in [0, 0.05) is 18.6 Å². The predicted octanol–water partition coefficient (Wildman–Crippen LogP) is 4.02. The maximum Gasteiger partial charge on any atom is 0.115 e. The molecule has 0 saturated carbocycles. The first-order chi connectivity index (χ1) is 8.84. The minimum atomic E-state index is -0.0760. The number of hydrogen-bond acceptors (Lipinski definition) is 2. The van der Waals surface area contributed by atoms with Gasteiger partial charge in [-0.2, -0.15) is 0 Å². The van der Waals surface area contributed by atoms with Crippen molar-refractivity contribution < 1.29 is 5.11 Å². The molecule has 5 heteroatoms. The number of hydrogen-bond donors (Lipinski definition) is 1. The van der Waals surface area contributed by atoms with Crippen molar-refractivity contribution in [1.82, 2.24) is 9.55 Å². The summed E-state index contributed by atoms with van der Waals surface area (Å²) in [7, 11) is 0. The van der Waals surface area contributed by atoms with Crippen molar-refractivity contribution in [2.45, 2.75) is 39.2 Å². The first-order valence-corrected chi connectivity index (χ1v) is 7.07. The lowest BCUT2D eigenvalue weighted by Gasteiger charge is -2.20. The Bertz CT molecular complexity index is 599. The molecule has 2 aromatic rings. The second kappa shape index (κ2) is 5.31. The second-order valence-electron chi connectivity index (χ2n) is 5.67. The van der Waals surface area contributed by atoms with E-state index in [1.807, 2.05) is 6.07 Å². The third-order valence-corrected chi connectivity index (χ3v) is 3.72. The van der Waals surface area contributed by atoms with Gasteiger partial charge >= 0.3 is 0 Å². The van der Waals surface area contributed by atoms with Gasteiger partial charge < -0.3 is 9.67 Å². The number of aliphatic hydroxyl groups is 1. The molecule has 0 bridgehead atoms. The number of halogens is 2. The Balaban J connectivity index is 2.67. The van der Waals surface area contributed by atoms with Gasteiger partial charge in [0.1, 0.15) is 5.82 Å². The van der Waals surface area contributed by atoms with Gasteiger partial charge in [-0.15, -0.1) is 0 Å². The smallest absolute Gasteiger partial charge is 0.115 e. The first-order valence-electron chi connectivity index (χ1n) is 6.31. The lowest BCUT2D eigenvalue weighted by Crippen LogP contribution is -2.19. The molecule has 0 spiro atoms. The van der Waals surface area contributed by atoms with Gasteiger partial charge in [0.05, 0.1) is 21.1 Å². The molecule has 0 amide bonds. The summed E-state index contributed by atoms with van der Waals surface area (Å²) in [6, 6.07) is 3.64. The molecule has 3 nitrogen and oxygen atoms in total. The summed E-state index contributed by atoms with van der Waals surface area (Å²) in [5.74, 6) is 0.981. The topological polar surface area (TPSA) is 38.0 Å². The molecule has 19 heavy (non-hydrogen) atoms. The van der Waals surface area contributed by atoms with Crippen LogP contribution in [0.3, 0.4) is 0 Å². The zero-order valence-corrected chi connectivity index (χ0v) is 12.9. The second-order valence-corrected chi connectivity index (χ2v) is 6.48. The van der Waals surface area contributed by atoms with Crippen molar-refractivity contribution in [2.75, 3.05) is 6.61 Å². The fraction of sp³-hybridized carbons (Fsp3) is 0.500. The maximum absolute atomic E-state index is 9.05. The Kier molecular flexibility index (Phi) is 4.09. The largest absolute Gasteiger partial charge is 0.396 e. The van der Waals surface area contributed by atoms with Gasteiger partial charge in [-0.25, -0.2) is 4.98 Å². The van der Waals surface area contributed by atoms with E-state index in [2.05, 4.69) is 30.3 Å². The standard InChI is InChI=1S/C14H18Cl2N2O/c1-14(2,3)13-17-11-7-9(15)10(16)8-12(11)18(13)5-4-6-19/h7-8,19H,4-6H2,1-3H3. The van der Waals surface area contributed by atoms with Crippen LogP contribution in [0.1, 0.15) is 33.0 Å². The van der Waals surface area contributed by atoms with Gasteiger partial charge in [0.15, 0.2) is 0 Å². The molecule has 0 unspecified atom stereocenters. The quantitative estimate of drug-likeness (QED) is 0.929. The third-order valence-electron chi connectivity index (χ3n) is 3.00. The van der Waals surface area contributed by atoms with E-state index in [-0.39, 0.29) is 12.0 Å². The summed E-state index contributed by atoms with van der Waals surface area (Å²) in [5.41, 5.74) is 1.73. The summed E-state index contributed by atoms with van der Waals surface area (Å²) in [5, 5.41) is 10.1. The minimum absolute atomic E-state index is 0.0760. The van der Waals surface area contributed by atoms with Crippen LogP contribution in [-0.4, -0.2) is 21.3 Å². The molecule has 1 aromatic carbocycles. The van der Waals surface area contributed by atoms with E-state index in [9.17, 15) is 0 Å². The van der Waals surface area contributed by atoms with Crippen LogP contribution in [-0.2, 0) is 12.0 Å². The van der Waals surface area contributed by atoms with Gasteiger partial charge in [-0.05, 0) is 18.6 Å². The van der Waals surface area contributed by atoms with E-state index in [0.717, 1.165) is 23.4 Å². The van der Waals surface area contributed by atoms with E-state index < -0.39 is 0 Å². The van der Waals surface area contributed by atoms with Crippen LogP contribution < -0.4 is 0 Å². The SMILES string of the molecule is CC(C)(C)c1nc2cc(Cl)c(Cl)cc2n1CCCO. The average Bonchev–Trinajstić information content (AvgIpc) is 2.65. The van der Waals surface area contributed by atoms with E-state index in [1.54, 1.807) is 6.07 Å². The normalized spacial score (nSPS) is 12.3. The molecule has 0 aliphatic rings. The Morgan fingerprint density at radius 2 is 1.84 bits per heavy atom. The van der Waals surface area contributed by atoms with Gasteiger partial charge in [0.2, 0.25) is 0 Å². The minimum Gasteiger partial charge on any atom is -0.396 e. The summed E-state index contributed by atoms with van der Waals surface area (Å²) in [6.07, 6.45) is 0.689. The molecule has 104 valence electrons. The predicted molar refractivity (Wildman–Crippen MR) is 80.2 cm³/mol. The fourth-order valence-electron chi connectivity index (χ4n) is 2.15. The third kappa shape index (κ3) is 2.88. The zero-order chi connectivity index (χ0) is 14.2. The van der Waals surface area contributed by atoms with Crippen LogP contribution in [0.25, 0.3) is 11.0 Å². The molecular weight excluding hydrogens is 283 g/mol. The summed E-state index contributed by atoms with van der Waals surface area (Å²) in [6.45, 7) is 7.23. The molecule has 1 N–H and O–H groups in total. The molecular formula is C14H18Cl2N2O. The lowest BCUT2D eigenvalue weighted by molar-refractivity contribution is 0.278. The highest BCUT2D eigenvalue weighted by Gasteiger charge is 2.23. The molecule has 1 aromatic heterocycles. The molecule has 0 atom stereocenters. The maximum atomic E-state index is 9.05. The van der Waals surface area contributed by atoms with Crippen LogP contribution in [0.15, 0.2) is 12.1 Å². The number of imidazole rings is 1. The lowest BCUT2D eigenvalue weighted by atomic mass is 9.95. The van der Waals surface area contributed by atoms with Crippen LogP contribution in [0.2, 0.25) is 10.0 Å². The Morgan fingerprint density at radius 1 is 1.21 bits per heavy atom. The summed E-state index contributed by atoms with van der Waals surface area (Å²) >= 11 is 12.1. The van der Waals surface area contributed by atoms with Gasteiger partial charge in [-0.3, -0.25) is 0 Å². The number of nitrogens with zero attached hydrogens (tertiary/aromatic N) is 2. The van der Waals surface area contributed by atoms with Crippen molar-refractivity contribution in [1.29, 1.82) is 0 Å². The molecule has 0 aliphatic heterocycles.